The predicted octanol–water partition coefficient (Wildman–Crippen LogP) is 1.67. The summed E-state index contributed by atoms with van der Waals surface area (Å²) in [7, 11) is 0. The lowest BCUT2D eigenvalue weighted by Gasteiger charge is -2.02. The van der Waals surface area contributed by atoms with E-state index in [-0.39, 0.29) is 17.1 Å². The molecule has 0 amide bonds. The Balaban J connectivity index is 2.25. The standard InChI is InChI=1S/C9H5N3O4S/c13-9(6-5-17-11-10-6)16-8-4-2-1-3-7(8)12(14)15/h1-5H. The van der Waals surface area contributed by atoms with E-state index in [1.165, 1.54) is 29.6 Å². The molecular weight excluding hydrogens is 246 g/mol. The van der Waals surface area contributed by atoms with E-state index in [1.807, 2.05) is 0 Å². The maximum Gasteiger partial charge on any atom is 0.365 e. The number of aromatic nitrogens is 2. The molecule has 7 nitrogen and oxygen atoms in total. The lowest BCUT2D eigenvalue weighted by atomic mass is 10.3. The average Bonchev–Trinajstić information content (AvgIpc) is 2.83. The Labute approximate surface area is 99.0 Å². The van der Waals surface area contributed by atoms with Crippen LogP contribution in [0.3, 0.4) is 0 Å². The quantitative estimate of drug-likeness (QED) is 0.356. The highest BCUT2D eigenvalue weighted by atomic mass is 32.1. The Hall–Kier alpha value is -2.35. The normalized spacial score (nSPS) is 9.88. The number of nitro groups is 1. The molecule has 0 saturated carbocycles. The van der Waals surface area contributed by atoms with Crippen molar-refractivity contribution < 1.29 is 14.5 Å². The van der Waals surface area contributed by atoms with Crippen molar-refractivity contribution in [2.75, 3.05) is 0 Å². The fourth-order valence-electron chi connectivity index (χ4n) is 1.10. The number of carbonyl (C=O) groups is 1. The Morgan fingerprint density at radius 3 is 2.82 bits per heavy atom. The maximum absolute atomic E-state index is 11.5. The maximum atomic E-state index is 11.5. The molecular formula is C9H5N3O4S. The van der Waals surface area contributed by atoms with Crippen LogP contribution >= 0.6 is 11.5 Å². The molecule has 2 aromatic rings. The highest BCUT2D eigenvalue weighted by molar-refractivity contribution is 7.03. The van der Waals surface area contributed by atoms with Gasteiger partial charge in [-0.25, -0.2) is 4.79 Å². The number of para-hydroxylation sites is 2. The van der Waals surface area contributed by atoms with Crippen LogP contribution in [-0.2, 0) is 0 Å². The van der Waals surface area contributed by atoms with Gasteiger partial charge in [-0.2, -0.15) is 0 Å². The molecule has 0 atom stereocenters. The van der Waals surface area contributed by atoms with Crippen LogP contribution in [0.1, 0.15) is 10.5 Å². The SMILES string of the molecule is O=C(Oc1ccccc1[N+](=O)[O-])c1csnn1. The van der Waals surface area contributed by atoms with E-state index in [4.69, 9.17) is 4.74 Å². The van der Waals surface area contributed by atoms with Crippen molar-refractivity contribution in [3.05, 3.63) is 45.5 Å². The summed E-state index contributed by atoms with van der Waals surface area (Å²) in [6, 6.07) is 5.62. The number of esters is 1. The number of carbonyl (C=O) groups excluding carboxylic acids is 1. The lowest BCUT2D eigenvalue weighted by Crippen LogP contribution is -2.10. The number of hydrogen-bond acceptors (Lipinski definition) is 7. The second-order valence-electron chi connectivity index (χ2n) is 2.90. The summed E-state index contributed by atoms with van der Waals surface area (Å²) >= 11 is 0.993. The molecule has 2 rings (SSSR count). The number of rotatable bonds is 3. The van der Waals surface area contributed by atoms with E-state index in [0.29, 0.717) is 0 Å². The van der Waals surface area contributed by atoms with Crippen molar-refractivity contribution in [2.24, 2.45) is 0 Å². The smallest absolute Gasteiger partial charge is 0.365 e. The third kappa shape index (κ3) is 2.42. The molecule has 0 aliphatic rings. The van der Waals surface area contributed by atoms with Gasteiger partial charge in [0, 0.05) is 11.4 Å². The van der Waals surface area contributed by atoms with Crippen molar-refractivity contribution in [1.29, 1.82) is 0 Å². The van der Waals surface area contributed by atoms with Gasteiger partial charge in [0.05, 0.1) is 4.92 Å². The van der Waals surface area contributed by atoms with Gasteiger partial charge >= 0.3 is 11.7 Å². The first kappa shape index (κ1) is 11.1. The third-order valence-electron chi connectivity index (χ3n) is 1.83. The van der Waals surface area contributed by atoms with Gasteiger partial charge in [0.2, 0.25) is 5.75 Å². The second-order valence-corrected chi connectivity index (χ2v) is 3.51. The minimum atomic E-state index is -0.770. The predicted molar refractivity (Wildman–Crippen MR) is 58.0 cm³/mol. The lowest BCUT2D eigenvalue weighted by molar-refractivity contribution is -0.385. The topological polar surface area (TPSA) is 95.2 Å². The third-order valence-corrected chi connectivity index (χ3v) is 2.34. The summed E-state index contributed by atoms with van der Waals surface area (Å²) in [6.45, 7) is 0. The van der Waals surface area contributed by atoms with E-state index in [1.54, 1.807) is 0 Å². The number of nitrogens with zero attached hydrogens (tertiary/aromatic N) is 3. The minimum Gasteiger partial charge on any atom is -0.414 e. The van der Waals surface area contributed by atoms with Crippen LogP contribution in [0.4, 0.5) is 5.69 Å². The monoisotopic (exact) mass is 251 g/mol. The van der Waals surface area contributed by atoms with Crippen molar-refractivity contribution in [1.82, 2.24) is 9.59 Å². The van der Waals surface area contributed by atoms with Crippen LogP contribution in [-0.4, -0.2) is 20.5 Å². The van der Waals surface area contributed by atoms with E-state index in [0.717, 1.165) is 11.5 Å². The van der Waals surface area contributed by atoms with Crippen LogP contribution in [0.25, 0.3) is 0 Å². The van der Waals surface area contributed by atoms with Crippen LogP contribution in [0.2, 0.25) is 0 Å². The fourth-order valence-corrected chi connectivity index (χ4v) is 1.53. The molecule has 0 bridgehead atoms. The van der Waals surface area contributed by atoms with E-state index >= 15 is 0 Å². The summed E-state index contributed by atoms with van der Waals surface area (Å²) in [4.78, 5) is 21.6. The number of hydrogen-bond donors (Lipinski definition) is 0. The zero-order chi connectivity index (χ0) is 12.3. The summed E-state index contributed by atoms with van der Waals surface area (Å²) in [5, 5.41) is 15.6. The van der Waals surface area contributed by atoms with Crippen molar-refractivity contribution in [2.45, 2.75) is 0 Å². The summed E-state index contributed by atoms with van der Waals surface area (Å²) in [6.07, 6.45) is 0. The highest BCUT2D eigenvalue weighted by Crippen LogP contribution is 2.26. The molecule has 0 aliphatic heterocycles. The number of nitro benzene ring substituents is 1. The molecule has 86 valence electrons. The summed E-state index contributed by atoms with van der Waals surface area (Å²) in [5.74, 6) is -0.886. The fraction of sp³-hybridized carbons (Fsp3) is 0. The first-order valence-corrected chi connectivity index (χ1v) is 5.25. The second kappa shape index (κ2) is 4.66. The Morgan fingerprint density at radius 2 is 2.18 bits per heavy atom. The molecule has 1 heterocycles. The van der Waals surface area contributed by atoms with Crippen molar-refractivity contribution >= 4 is 23.2 Å². The summed E-state index contributed by atoms with van der Waals surface area (Å²) in [5.41, 5.74) is -0.253. The molecule has 1 aromatic heterocycles. The highest BCUT2D eigenvalue weighted by Gasteiger charge is 2.19. The van der Waals surface area contributed by atoms with Gasteiger partial charge in [-0.3, -0.25) is 10.1 Å². The summed E-state index contributed by atoms with van der Waals surface area (Å²) < 4.78 is 8.37. The van der Waals surface area contributed by atoms with Gasteiger partial charge in [0.1, 0.15) is 0 Å². The van der Waals surface area contributed by atoms with Crippen LogP contribution in [0.5, 0.6) is 5.75 Å². The molecule has 0 unspecified atom stereocenters. The van der Waals surface area contributed by atoms with Gasteiger partial charge in [0.25, 0.3) is 0 Å². The molecule has 0 saturated heterocycles. The molecule has 8 heteroatoms. The van der Waals surface area contributed by atoms with Gasteiger partial charge in [-0.1, -0.05) is 16.6 Å². The average molecular weight is 251 g/mol. The van der Waals surface area contributed by atoms with Gasteiger partial charge in [0.15, 0.2) is 5.69 Å². The van der Waals surface area contributed by atoms with Crippen molar-refractivity contribution in [3.63, 3.8) is 0 Å². The van der Waals surface area contributed by atoms with E-state index in [2.05, 4.69) is 9.59 Å². The zero-order valence-corrected chi connectivity index (χ0v) is 9.09. The molecule has 17 heavy (non-hydrogen) atoms. The largest absolute Gasteiger partial charge is 0.414 e. The Morgan fingerprint density at radius 1 is 1.41 bits per heavy atom. The number of benzene rings is 1. The first-order chi connectivity index (χ1) is 8.18. The molecule has 0 N–H and O–H groups in total. The first-order valence-electron chi connectivity index (χ1n) is 4.41. The molecule has 1 aromatic carbocycles. The Kier molecular flexibility index (Phi) is 3.06. The van der Waals surface area contributed by atoms with Crippen LogP contribution in [0.15, 0.2) is 29.6 Å². The Bertz CT molecular complexity index is 555. The van der Waals surface area contributed by atoms with Gasteiger partial charge in [-0.15, -0.1) is 5.10 Å². The van der Waals surface area contributed by atoms with Gasteiger partial charge < -0.3 is 4.74 Å². The minimum absolute atomic E-state index is 0.0214. The van der Waals surface area contributed by atoms with Crippen molar-refractivity contribution in [3.8, 4) is 5.75 Å². The molecule has 0 spiro atoms. The van der Waals surface area contributed by atoms with E-state index < -0.39 is 10.9 Å². The number of ether oxygens (including phenoxy) is 1. The van der Waals surface area contributed by atoms with Gasteiger partial charge in [-0.05, 0) is 17.6 Å². The molecule has 0 radical (unpaired) electrons. The van der Waals surface area contributed by atoms with Crippen LogP contribution in [0, 0.1) is 10.1 Å². The van der Waals surface area contributed by atoms with Crippen LogP contribution < -0.4 is 4.74 Å². The zero-order valence-electron chi connectivity index (χ0n) is 8.27. The molecule has 0 fully saturated rings. The molecule has 0 aliphatic carbocycles. The van der Waals surface area contributed by atoms with E-state index in [9.17, 15) is 14.9 Å².